The maximum atomic E-state index is 12.0. The number of rotatable bonds is 7. The highest BCUT2D eigenvalue weighted by Crippen LogP contribution is 2.24. The van der Waals surface area contributed by atoms with E-state index >= 15 is 0 Å². The number of nitrogens with one attached hydrogen (secondary N) is 2. The lowest BCUT2D eigenvalue weighted by Gasteiger charge is -2.09. The van der Waals surface area contributed by atoms with Gasteiger partial charge in [0.25, 0.3) is 5.91 Å². The Morgan fingerprint density at radius 2 is 2.00 bits per heavy atom. The number of thiocarbonyl (C=S) groups is 1. The Labute approximate surface area is 158 Å². The van der Waals surface area contributed by atoms with Crippen LogP contribution in [-0.4, -0.2) is 37.4 Å². The molecule has 1 aromatic heterocycles. The van der Waals surface area contributed by atoms with Crippen LogP contribution in [0.15, 0.2) is 40.8 Å². The summed E-state index contributed by atoms with van der Waals surface area (Å²) in [5.74, 6) is 3.33. The Balaban J connectivity index is 1.66. The second-order valence-electron chi connectivity index (χ2n) is 5.71. The third-order valence-corrected chi connectivity index (χ3v) is 4.68. The van der Waals surface area contributed by atoms with E-state index in [-0.39, 0.29) is 5.91 Å². The van der Waals surface area contributed by atoms with Crippen molar-refractivity contribution in [2.24, 2.45) is 0 Å². The quantitative estimate of drug-likeness (QED) is 0.571. The lowest BCUT2D eigenvalue weighted by Crippen LogP contribution is -2.40. The van der Waals surface area contributed by atoms with E-state index in [9.17, 15) is 4.79 Å². The molecule has 0 atom stereocenters. The SMILES string of the molecule is Cc1cc(N(C)C)oc1CSCCNC(=S)NC(=O)c1ccccc1. The van der Waals surface area contributed by atoms with Crippen molar-refractivity contribution in [3.63, 3.8) is 0 Å². The Bertz CT molecular complexity index is 714. The minimum absolute atomic E-state index is 0.201. The summed E-state index contributed by atoms with van der Waals surface area (Å²) in [6.45, 7) is 2.73. The molecule has 0 spiro atoms. The fourth-order valence-corrected chi connectivity index (χ4v) is 3.13. The summed E-state index contributed by atoms with van der Waals surface area (Å²) in [5, 5.41) is 6.07. The molecule has 0 aliphatic rings. The van der Waals surface area contributed by atoms with Crippen molar-refractivity contribution < 1.29 is 9.21 Å². The summed E-state index contributed by atoms with van der Waals surface area (Å²) in [5.41, 5.74) is 1.75. The Hall–Kier alpha value is -1.99. The molecular weight excluding hydrogens is 354 g/mol. The number of thioether (sulfide) groups is 1. The summed E-state index contributed by atoms with van der Waals surface area (Å²) in [6, 6.07) is 11.1. The van der Waals surface area contributed by atoms with Gasteiger partial charge in [0, 0.05) is 38.0 Å². The normalized spacial score (nSPS) is 10.4. The molecule has 0 fully saturated rings. The topological polar surface area (TPSA) is 57.5 Å². The summed E-state index contributed by atoms with van der Waals surface area (Å²) in [6.07, 6.45) is 0. The van der Waals surface area contributed by atoms with Gasteiger partial charge in [0.2, 0.25) is 0 Å². The van der Waals surface area contributed by atoms with E-state index in [4.69, 9.17) is 16.6 Å². The molecule has 0 aliphatic heterocycles. The zero-order valence-electron chi connectivity index (χ0n) is 14.7. The van der Waals surface area contributed by atoms with Gasteiger partial charge in [-0.3, -0.25) is 10.1 Å². The number of furan rings is 1. The fraction of sp³-hybridized carbons (Fsp3) is 0.333. The predicted molar refractivity (Wildman–Crippen MR) is 108 cm³/mol. The number of carbonyl (C=O) groups is 1. The van der Waals surface area contributed by atoms with Crippen LogP contribution in [0.2, 0.25) is 0 Å². The minimum Gasteiger partial charge on any atom is -0.444 e. The number of amides is 1. The number of carbonyl (C=O) groups excluding carboxylic acids is 1. The molecule has 1 heterocycles. The number of nitrogens with zero attached hydrogens (tertiary/aromatic N) is 1. The minimum atomic E-state index is -0.201. The molecular formula is C18H23N3O2S2. The van der Waals surface area contributed by atoms with Gasteiger partial charge in [-0.25, -0.2) is 0 Å². The van der Waals surface area contributed by atoms with Gasteiger partial charge in [-0.15, -0.1) is 0 Å². The average Bonchev–Trinajstić information content (AvgIpc) is 2.96. The molecule has 0 saturated carbocycles. The van der Waals surface area contributed by atoms with Gasteiger partial charge < -0.3 is 14.6 Å². The molecule has 7 heteroatoms. The monoisotopic (exact) mass is 377 g/mol. The van der Waals surface area contributed by atoms with E-state index < -0.39 is 0 Å². The zero-order valence-corrected chi connectivity index (χ0v) is 16.3. The summed E-state index contributed by atoms with van der Waals surface area (Å²) >= 11 is 6.91. The highest BCUT2D eigenvalue weighted by molar-refractivity contribution is 7.98. The van der Waals surface area contributed by atoms with Crippen molar-refractivity contribution in [2.45, 2.75) is 12.7 Å². The number of hydrogen-bond donors (Lipinski definition) is 2. The van der Waals surface area contributed by atoms with E-state index in [1.165, 1.54) is 0 Å². The van der Waals surface area contributed by atoms with Crippen LogP contribution >= 0.6 is 24.0 Å². The smallest absolute Gasteiger partial charge is 0.257 e. The molecule has 0 unspecified atom stereocenters. The number of aryl methyl sites for hydroxylation is 1. The first-order valence-corrected chi connectivity index (χ1v) is 9.52. The van der Waals surface area contributed by atoms with Crippen molar-refractivity contribution >= 4 is 40.9 Å². The van der Waals surface area contributed by atoms with E-state index in [0.29, 0.717) is 17.2 Å². The van der Waals surface area contributed by atoms with Crippen LogP contribution in [0.25, 0.3) is 0 Å². The van der Waals surface area contributed by atoms with Gasteiger partial charge in [0.1, 0.15) is 5.76 Å². The molecule has 0 saturated heterocycles. The largest absolute Gasteiger partial charge is 0.444 e. The van der Waals surface area contributed by atoms with Crippen LogP contribution in [0, 0.1) is 6.92 Å². The summed E-state index contributed by atoms with van der Waals surface area (Å²) in [7, 11) is 3.92. The van der Waals surface area contributed by atoms with Crippen molar-refractivity contribution in [1.82, 2.24) is 10.6 Å². The molecule has 0 bridgehead atoms. The van der Waals surface area contributed by atoms with Gasteiger partial charge in [0.05, 0.1) is 5.75 Å². The number of anilines is 1. The second kappa shape index (κ2) is 9.48. The molecule has 2 aromatic rings. The summed E-state index contributed by atoms with van der Waals surface area (Å²) in [4.78, 5) is 13.9. The molecule has 2 rings (SSSR count). The fourth-order valence-electron chi connectivity index (χ4n) is 2.08. The van der Waals surface area contributed by atoms with Gasteiger partial charge in [-0.05, 0) is 36.8 Å². The standard InChI is InChI=1S/C18H23N3O2S2/c1-13-11-16(21(2)3)23-15(13)12-25-10-9-19-18(24)20-17(22)14-7-5-4-6-8-14/h4-8,11H,9-10,12H2,1-3H3,(H2,19,20,22,24). The van der Waals surface area contributed by atoms with Crippen LogP contribution in [0.1, 0.15) is 21.7 Å². The maximum absolute atomic E-state index is 12.0. The van der Waals surface area contributed by atoms with Gasteiger partial charge in [0.15, 0.2) is 11.0 Å². The van der Waals surface area contributed by atoms with Crippen LogP contribution in [0.3, 0.4) is 0 Å². The average molecular weight is 378 g/mol. The molecule has 2 N–H and O–H groups in total. The van der Waals surface area contributed by atoms with Gasteiger partial charge >= 0.3 is 0 Å². The zero-order chi connectivity index (χ0) is 18.2. The number of hydrogen-bond acceptors (Lipinski definition) is 5. The van der Waals surface area contributed by atoms with Gasteiger partial charge in [-0.1, -0.05) is 18.2 Å². The molecule has 5 nitrogen and oxygen atoms in total. The van der Waals surface area contributed by atoms with Gasteiger partial charge in [-0.2, -0.15) is 11.8 Å². The first-order chi connectivity index (χ1) is 12.0. The first kappa shape index (κ1) is 19.3. The van der Waals surface area contributed by atoms with Crippen LogP contribution < -0.4 is 15.5 Å². The number of benzene rings is 1. The Morgan fingerprint density at radius 1 is 1.28 bits per heavy atom. The Kier molecular flexibility index (Phi) is 7.33. The third kappa shape index (κ3) is 6.10. The van der Waals surface area contributed by atoms with Crippen LogP contribution in [0.5, 0.6) is 0 Å². The Morgan fingerprint density at radius 3 is 2.64 bits per heavy atom. The van der Waals surface area contributed by atoms with E-state index in [0.717, 1.165) is 28.7 Å². The predicted octanol–water partition coefficient (Wildman–Crippen LogP) is 3.19. The highest BCUT2D eigenvalue weighted by atomic mass is 32.2. The van der Waals surface area contributed by atoms with Crippen LogP contribution in [0.4, 0.5) is 5.88 Å². The van der Waals surface area contributed by atoms with E-state index in [1.54, 1.807) is 23.9 Å². The third-order valence-electron chi connectivity index (χ3n) is 3.48. The lowest BCUT2D eigenvalue weighted by molar-refractivity contribution is 0.0976. The maximum Gasteiger partial charge on any atom is 0.257 e. The van der Waals surface area contributed by atoms with Crippen molar-refractivity contribution in [2.75, 3.05) is 31.3 Å². The molecule has 0 aliphatic carbocycles. The lowest BCUT2D eigenvalue weighted by atomic mass is 10.2. The van der Waals surface area contributed by atoms with Crippen molar-refractivity contribution in [3.05, 3.63) is 53.3 Å². The van der Waals surface area contributed by atoms with Crippen molar-refractivity contribution in [3.8, 4) is 0 Å². The molecule has 25 heavy (non-hydrogen) atoms. The van der Waals surface area contributed by atoms with Crippen LogP contribution in [-0.2, 0) is 5.75 Å². The second-order valence-corrected chi connectivity index (χ2v) is 7.23. The molecule has 0 radical (unpaired) electrons. The van der Waals surface area contributed by atoms with E-state index in [1.807, 2.05) is 43.3 Å². The molecule has 134 valence electrons. The van der Waals surface area contributed by atoms with E-state index in [2.05, 4.69) is 17.6 Å². The molecule has 1 amide bonds. The first-order valence-electron chi connectivity index (χ1n) is 7.96. The molecule has 1 aromatic carbocycles. The van der Waals surface area contributed by atoms with Crippen molar-refractivity contribution in [1.29, 1.82) is 0 Å². The summed E-state index contributed by atoms with van der Waals surface area (Å²) < 4.78 is 5.81. The highest BCUT2D eigenvalue weighted by Gasteiger charge is 2.09.